The highest BCUT2D eigenvalue weighted by atomic mass is 35.5. The van der Waals surface area contributed by atoms with Gasteiger partial charge in [0.1, 0.15) is 0 Å². The number of hydrogen-bond acceptors (Lipinski definition) is 4. The summed E-state index contributed by atoms with van der Waals surface area (Å²) in [7, 11) is 0. The highest BCUT2D eigenvalue weighted by Crippen LogP contribution is 2.31. The van der Waals surface area contributed by atoms with E-state index in [0.29, 0.717) is 37.3 Å². The molecule has 1 unspecified atom stereocenters. The summed E-state index contributed by atoms with van der Waals surface area (Å²) in [6, 6.07) is 5.67. The minimum Gasteiger partial charge on any atom is -0.355 e. The second kappa shape index (κ2) is 9.66. The monoisotopic (exact) mass is 435 g/mol. The number of amides is 2. The van der Waals surface area contributed by atoms with Crippen molar-refractivity contribution in [2.45, 2.75) is 44.6 Å². The van der Waals surface area contributed by atoms with E-state index >= 15 is 0 Å². The van der Waals surface area contributed by atoms with Gasteiger partial charge >= 0.3 is 5.69 Å². The average Bonchev–Trinajstić information content (AvgIpc) is 3.37. The van der Waals surface area contributed by atoms with Gasteiger partial charge in [-0.15, -0.1) is 12.4 Å². The van der Waals surface area contributed by atoms with Crippen LogP contribution >= 0.6 is 12.4 Å². The van der Waals surface area contributed by atoms with Crippen molar-refractivity contribution in [2.75, 3.05) is 26.2 Å². The molecule has 0 radical (unpaired) electrons. The molecule has 0 bridgehead atoms. The maximum atomic E-state index is 13.0. The summed E-state index contributed by atoms with van der Waals surface area (Å²) in [4.78, 5) is 42.4. The predicted molar refractivity (Wildman–Crippen MR) is 118 cm³/mol. The summed E-state index contributed by atoms with van der Waals surface area (Å²) < 4.78 is 1.84. The number of carbonyl (C=O) groups is 2. The van der Waals surface area contributed by atoms with E-state index in [2.05, 4.69) is 10.3 Å². The number of rotatable bonds is 5. The van der Waals surface area contributed by atoms with Gasteiger partial charge in [0.25, 0.3) is 5.91 Å². The third-order valence-electron chi connectivity index (χ3n) is 6.18. The summed E-state index contributed by atoms with van der Waals surface area (Å²) >= 11 is 0. The molecule has 1 aliphatic heterocycles. The van der Waals surface area contributed by atoms with Crippen LogP contribution in [0.25, 0.3) is 11.0 Å². The van der Waals surface area contributed by atoms with Crippen LogP contribution in [0.3, 0.4) is 0 Å². The Balaban J connectivity index is 0.00000256. The fraction of sp³-hybridized carbons (Fsp3) is 0.571. The van der Waals surface area contributed by atoms with Crippen molar-refractivity contribution in [3.8, 4) is 0 Å². The quantitative estimate of drug-likeness (QED) is 0.664. The van der Waals surface area contributed by atoms with E-state index in [9.17, 15) is 14.4 Å². The number of halogens is 1. The number of piperidine rings is 1. The van der Waals surface area contributed by atoms with Gasteiger partial charge in [0.05, 0.1) is 17.0 Å². The van der Waals surface area contributed by atoms with E-state index in [-0.39, 0.29) is 41.9 Å². The average molecular weight is 436 g/mol. The minimum absolute atomic E-state index is 0. The first kappa shape index (κ1) is 22.4. The van der Waals surface area contributed by atoms with Gasteiger partial charge < -0.3 is 20.9 Å². The van der Waals surface area contributed by atoms with E-state index < -0.39 is 0 Å². The number of H-pyrrole nitrogens is 1. The normalized spacial score (nSPS) is 19.6. The van der Waals surface area contributed by atoms with Crippen LogP contribution in [0.2, 0.25) is 0 Å². The molecule has 2 amide bonds. The molecule has 4 rings (SSSR count). The number of nitrogens with zero attached hydrogens (tertiary/aromatic N) is 2. The minimum atomic E-state index is -0.203. The lowest BCUT2D eigenvalue weighted by Gasteiger charge is -2.32. The second-order valence-corrected chi connectivity index (χ2v) is 8.14. The molecule has 1 atom stereocenters. The maximum absolute atomic E-state index is 13.0. The molecule has 1 saturated heterocycles. The summed E-state index contributed by atoms with van der Waals surface area (Å²) in [6.07, 6.45) is 5.91. The van der Waals surface area contributed by atoms with Crippen LogP contribution < -0.4 is 16.7 Å². The topological polar surface area (TPSA) is 113 Å². The summed E-state index contributed by atoms with van der Waals surface area (Å²) in [5.74, 6) is -0.342. The van der Waals surface area contributed by atoms with E-state index in [4.69, 9.17) is 5.73 Å². The third-order valence-corrected chi connectivity index (χ3v) is 6.18. The number of hydrogen-bond donors (Lipinski definition) is 3. The number of likely N-dealkylation sites (tertiary alicyclic amines) is 1. The zero-order valence-corrected chi connectivity index (χ0v) is 17.9. The van der Waals surface area contributed by atoms with Gasteiger partial charge in [-0.1, -0.05) is 12.8 Å². The summed E-state index contributed by atoms with van der Waals surface area (Å²) in [5, 5.41) is 2.82. The SMILES string of the molecule is Cl.NCCNC(=O)C1CCCN(C(=O)c2ccc3c(c2)[nH]c(=O)n3C2CCCC2)C1. The van der Waals surface area contributed by atoms with Crippen LogP contribution in [0.4, 0.5) is 0 Å². The van der Waals surface area contributed by atoms with Gasteiger partial charge in [0.15, 0.2) is 0 Å². The molecule has 30 heavy (non-hydrogen) atoms. The molecule has 1 aromatic carbocycles. The van der Waals surface area contributed by atoms with E-state index in [1.165, 1.54) is 0 Å². The summed E-state index contributed by atoms with van der Waals surface area (Å²) in [6.45, 7) is 1.90. The molecule has 2 aliphatic rings. The van der Waals surface area contributed by atoms with Crippen molar-refractivity contribution in [1.29, 1.82) is 0 Å². The van der Waals surface area contributed by atoms with E-state index in [1.807, 2.05) is 10.6 Å². The molecule has 8 nitrogen and oxygen atoms in total. The van der Waals surface area contributed by atoms with Crippen LogP contribution in [0.1, 0.15) is 54.9 Å². The molecule has 2 aromatic rings. The number of imidazole rings is 1. The number of aromatic nitrogens is 2. The van der Waals surface area contributed by atoms with Gasteiger partial charge in [-0.2, -0.15) is 0 Å². The Kier molecular flexibility index (Phi) is 7.20. The predicted octanol–water partition coefficient (Wildman–Crippen LogP) is 1.79. The third kappa shape index (κ3) is 4.39. The Hall–Kier alpha value is -2.32. The smallest absolute Gasteiger partial charge is 0.326 e. The van der Waals surface area contributed by atoms with Gasteiger partial charge in [0.2, 0.25) is 5.91 Å². The van der Waals surface area contributed by atoms with E-state index in [1.54, 1.807) is 17.0 Å². The van der Waals surface area contributed by atoms with Gasteiger partial charge in [-0.3, -0.25) is 14.2 Å². The molecule has 1 aromatic heterocycles. The Morgan fingerprint density at radius 2 is 1.93 bits per heavy atom. The van der Waals surface area contributed by atoms with Crippen molar-refractivity contribution in [2.24, 2.45) is 11.7 Å². The van der Waals surface area contributed by atoms with E-state index in [0.717, 1.165) is 44.0 Å². The molecule has 4 N–H and O–H groups in total. The molecular formula is C21H30ClN5O3. The zero-order chi connectivity index (χ0) is 20.4. The largest absolute Gasteiger partial charge is 0.355 e. The van der Waals surface area contributed by atoms with Gasteiger partial charge in [-0.25, -0.2) is 4.79 Å². The van der Waals surface area contributed by atoms with Gasteiger partial charge in [-0.05, 0) is 43.9 Å². The molecular weight excluding hydrogens is 406 g/mol. The Labute approximate surface area is 181 Å². The zero-order valence-electron chi connectivity index (χ0n) is 17.1. The number of aromatic amines is 1. The first-order valence-electron chi connectivity index (χ1n) is 10.6. The molecule has 2 fully saturated rings. The fourth-order valence-corrected chi connectivity index (χ4v) is 4.69. The lowest BCUT2D eigenvalue weighted by molar-refractivity contribution is -0.126. The number of nitrogens with two attached hydrogens (primary N) is 1. The molecule has 2 heterocycles. The lowest BCUT2D eigenvalue weighted by atomic mass is 9.96. The molecule has 0 spiro atoms. The Bertz CT molecular complexity index is 963. The van der Waals surface area contributed by atoms with Crippen LogP contribution in [0.15, 0.2) is 23.0 Å². The van der Waals surface area contributed by atoms with Crippen LogP contribution in [-0.2, 0) is 4.79 Å². The van der Waals surface area contributed by atoms with Crippen molar-refractivity contribution >= 4 is 35.3 Å². The van der Waals surface area contributed by atoms with Crippen molar-refractivity contribution in [3.05, 3.63) is 34.2 Å². The first-order chi connectivity index (χ1) is 14.1. The molecule has 1 aliphatic carbocycles. The maximum Gasteiger partial charge on any atom is 0.326 e. The van der Waals surface area contributed by atoms with Crippen molar-refractivity contribution in [3.63, 3.8) is 0 Å². The van der Waals surface area contributed by atoms with Crippen LogP contribution in [-0.4, -0.2) is 52.4 Å². The molecule has 9 heteroatoms. The highest BCUT2D eigenvalue weighted by Gasteiger charge is 2.29. The number of nitrogens with one attached hydrogen (secondary N) is 2. The number of fused-ring (bicyclic) bond motifs is 1. The Morgan fingerprint density at radius 1 is 1.17 bits per heavy atom. The second-order valence-electron chi connectivity index (χ2n) is 8.14. The summed E-state index contributed by atoms with van der Waals surface area (Å²) in [5.41, 5.74) is 7.44. The Morgan fingerprint density at radius 3 is 2.67 bits per heavy atom. The standard InChI is InChI=1S/C21H29N5O3.ClH/c22-9-10-23-19(27)15-4-3-11-25(13-15)20(28)14-7-8-18-17(12-14)24-21(29)26(18)16-5-1-2-6-16;/h7-8,12,15-16H,1-6,9-11,13,22H2,(H,23,27)(H,24,29);1H. The van der Waals surface area contributed by atoms with Crippen molar-refractivity contribution in [1.82, 2.24) is 19.8 Å². The van der Waals surface area contributed by atoms with Crippen molar-refractivity contribution < 1.29 is 9.59 Å². The molecule has 1 saturated carbocycles. The number of carbonyl (C=O) groups excluding carboxylic acids is 2. The highest BCUT2D eigenvalue weighted by molar-refractivity contribution is 5.97. The lowest BCUT2D eigenvalue weighted by Crippen LogP contribution is -2.46. The first-order valence-corrected chi connectivity index (χ1v) is 10.6. The van der Waals surface area contributed by atoms with Crippen LogP contribution in [0.5, 0.6) is 0 Å². The van der Waals surface area contributed by atoms with Crippen LogP contribution in [0, 0.1) is 5.92 Å². The molecule has 164 valence electrons. The fourth-order valence-electron chi connectivity index (χ4n) is 4.69. The van der Waals surface area contributed by atoms with Gasteiger partial charge in [0, 0.05) is 37.8 Å². The number of benzene rings is 1.